The van der Waals surface area contributed by atoms with Gasteiger partial charge in [-0.3, -0.25) is 19.2 Å². The van der Waals surface area contributed by atoms with Gasteiger partial charge in [0.2, 0.25) is 17.6 Å². The number of rotatable bonds is 5. The zero-order valence-corrected chi connectivity index (χ0v) is 27.3. The fourth-order valence-electron chi connectivity index (χ4n) is 5.73. The van der Waals surface area contributed by atoms with E-state index in [-0.39, 0.29) is 35.9 Å². The number of hydrogen-bond donors (Lipinski definition) is 3. The number of ether oxygens (including phenoxy) is 2. The number of allylic oxidation sites excluding steroid dienone is 8. The molecule has 1 heterocycles. The minimum atomic E-state index is -0.968. The predicted molar refractivity (Wildman–Crippen MR) is 174 cm³/mol. The van der Waals surface area contributed by atoms with E-state index in [2.05, 4.69) is 10.6 Å². The largest absolute Gasteiger partial charge is 0.460 e. The number of nitrogens with one attached hydrogen (secondary N) is 2. The first kappa shape index (κ1) is 36.6. The summed E-state index contributed by atoms with van der Waals surface area (Å²) in [5, 5.41) is 16.6. The number of aliphatic hydroxyl groups is 1. The lowest BCUT2D eigenvalue weighted by molar-refractivity contribution is -0.156. The van der Waals surface area contributed by atoms with Gasteiger partial charge in [0.15, 0.2) is 5.78 Å². The van der Waals surface area contributed by atoms with Crippen molar-refractivity contribution in [2.75, 3.05) is 7.11 Å². The molecule has 5 atom stereocenters. The van der Waals surface area contributed by atoms with Crippen molar-refractivity contribution in [3.63, 3.8) is 0 Å². The first-order chi connectivity index (χ1) is 22.0. The van der Waals surface area contributed by atoms with Crippen LogP contribution < -0.4 is 10.6 Å². The molecule has 1 saturated carbocycles. The quantitative estimate of drug-likeness (QED) is 0.230. The SMILES string of the molecule is CO[C@H]1/C=C/C=C/C=C/C[C@H](OC(=O)[C@@H](C)NC(=O)C2CCCCC2)[C@H](C)[C@@H](O)/C(C)=C\CCC2=CC(=O)C=C(NC(=O)C1)C2=O. The summed E-state index contributed by atoms with van der Waals surface area (Å²) < 4.78 is 11.3. The lowest BCUT2D eigenvalue weighted by Gasteiger charge is -2.29. The third-order valence-electron chi connectivity index (χ3n) is 8.65. The van der Waals surface area contributed by atoms with E-state index < -0.39 is 53.7 Å². The van der Waals surface area contributed by atoms with E-state index in [4.69, 9.17) is 9.47 Å². The molecule has 0 unspecified atom stereocenters. The summed E-state index contributed by atoms with van der Waals surface area (Å²) in [6.45, 7) is 5.16. The highest BCUT2D eigenvalue weighted by molar-refractivity contribution is 6.21. The number of ketones is 2. The Balaban J connectivity index is 1.79. The lowest BCUT2D eigenvalue weighted by Crippen LogP contribution is -2.45. The van der Waals surface area contributed by atoms with Crippen LogP contribution in [-0.2, 0) is 33.4 Å². The smallest absolute Gasteiger partial charge is 0.328 e. The number of hydrogen-bond acceptors (Lipinski definition) is 8. The Morgan fingerprint density at radius 2 is 1.76 bits per heavy atom. The lowest BCUT2D eigenvalue weighted by atomic mass is 9.88. The molecule has 46 heavy (non-hydrogen) atoms. The van der Waals surface area contributed by atoms with Crippen LogP contribution in [0.1, 0.15) is 78.6 Å². The number of fused-ring (bicyclic) bond motifs is 2. The van der Waals surface area contributed by atoms with Crippen molar-refractivity contribution < 1.29 is 38.6 Å². The minimum absolute atomic E-state index is 0.0567. The maximum Gasteiger partial charge on any atom is 0.328 e. The van der Waals surface area contributed by atoms with Gasteiger partial charge in [-0.2, -0.15) is 0 Å². The zero-order valence-electron chi connectivity index (χ0n) is 27.3. The summed E-state index contributed by atoms with van der Waals surface area (Å²) in [4.78, 5) is 63.8. The van der Waals surface area contributed by atoms with Crippen molar-refractivity contribution in [3.05, 3.63) is 71.5 Å². The molecule has 3 rings (SSSR count). The summed E-state index contributed by atoms with van der Waals surface area (Å²) in [6.07, 6.45) is 18.1. The molecule has 0 aromatic rings. The highest BCUT2D eigenvalue weighted by atomic mass is 16.5. The van der Waals surface area contributed by atoms with Crippen LogP contribution in [0.5, 0.6) is 0 Å². The first-order valence-corrected chi connectivity index (χ1v) is 16.2. The van der Waals surface area contributed by atoms with Gasteiger partial charge in [-0.25, -0.2) is 4.79 Å². The topological polar surface area (TPSA) is 148 Å². The van der Waals surface area contributed by atoms with E-state index in [0.717, 1.165) is 38.2 Å². The van der Waals surface area contributed by atoms with E-state index in [9.17, 15) is 29.1 Å². The predicted octanol–water partition coefficient (Wildman–Crippen LogP) is 4.26. The van der Waals surface area contributed by atoms with E-state index in [0.29, 0.717) is 18.4 Å². The van der Waals surface area contributed by atoms with E-state index in [1.165, 1.54) is 13.2 Å². The van der Waals surface area contributed by atoms with Crippen LogP contribution in [0.4, 0.5) is 0 Å². The Hall–Kier alpha value is -3.89. The van der Waals surface area contributed by atoms with Gasteiger partial charge in [0.1, 0.15) is 12.1 Å². The molecule has 1 aliphatic heterocycles. The molecule has 0 saturated heterocycles. The van der Waals surface area contributed by atoms with E-state index in [1.807, 2.05) is 6.08 Å². The number of Topliss-reactive ketones (excluding diaryl/α,β-unsaturated/α-hetero) is 1. The van der Waals surface area contributed by atoms with Gasteiger partial charge < -0.3 is 25.2 Å². The third kappa shape index (κ3) is 11.2. The van der Waals surface area contributed by atoms with Crippen molar-refractivity contribution in [3.8, 4) is 0 Å². The van der Waals surface area contributed by atoms with E-state index >= 15 is 0 Å². The van der Waals surface area contributed by atoms with Crippen LogP contribution in [0.25, 0.3) is 0 Å². The molecule has 10 nitrogen and oxygen atoms in total. The Morgan fingerprint density at radius 3 is 2.48 bits per heavy atom. The second kappa shape index (κ2) is 18.3. The average molecular weight is 637 g/mol. The number of aliphatic hydroxyl groups excluding tert-OH is 1. The summed E-state index contributed by atoms with van der Waals surface area (Å²) in [5.41, 5.74) is 0.803. The molecule has 2 aliphatic carbocycles. The molecular weight excluding hydrogens is 588 g/mol. The van der Waals surface area contributed by atoms with Gasteiger partial charge in [-0.15, -0.1) is 0 Å². The number of methoxy groups -OCH3 is 1. The van der Waals surface area contributed by atoms with Gasteiger partial charge in [0.25, 0.3) is 0 Å². The summed E-state index contributed by atoms with van der Waals surface area (Å²) in [7, 11) is 1.47. The summed E-state index contributed by atoms with van der Waals surface area (Å²) >= 11 is 0. The normalized spacial score (nSPS) is 29.8. The molecule has 2 amide bonds. The molecule has 0 spiro atoms. The number of esters is 1. The fourth-order valence-corrected chi connectivity index (χ4v) is 5.73. The van der Waals surface area contributed by atoms with Gasteiger partial charge in [-0.1, -0.05) is 68.7 Å². The molecule has 3 aliphatic rings. The van der Waals surface area contributed by atoms with Crippen molar-refractivity contribution in [2.45, 2.75) is 103 Å². The van der Waals surface area contributed by atoms with Crippen molar-refractivity contribution in [1.82, 2.24) is 10.6 Å². The Bertz CT molecular complexity index is 1310. The minimum Gasteiger partial charge on any atom is -0.460 e. The monoisotopic (exact) mass is 636 g/mol. The maximum atomic E-state index is 13.1. The van der Waals surface area contributed by atoms with Crippen LogP contribution in [0.3, 0.4) is 0 Å². The van der Waals surface area contributed by atoms with E-state index in [1.54, 1.807) is 57.2 Å². The third-order valence-corrected chi connectivity index (χ3v) is 8.65. The van der Waals surface area contributed by atoms with Crippen LogP contribution in [0.2, 0.25) is 0 Å². The van der Waals surface area contributed by atoms with Crippen LogP contribution in [0.15, 0.2) is 71.5 Å². The van der Waals surface area contributed by atoms with Gasteiger partial charge >= 0.3 is 5.97 Å². The molecule has 3 N–H and O–H groups in total. The van der Waals surface area contributed by atoms with Crippen molar-refractivity contribution in [2.24, 2.45) is 11.8 Å². The first-order valence-electron chi connectivity index (χ1n) is 16.2. The standard InChI is InChI=1S/C36H48N2O8/c1-23-14-13-17-27-20-28(39)21-30(34(27)42)38-32(40)22-29(45-4)18-11-6-5-7-12-19-31(24(2)33(23)41)46-36(44)25(3)37-35(43)26-15-9-8-10-16-26/h5-7,11-12,14,18,20-21,24-26,29,31,33,41H,8-10,13,15-17,19,22H2,1-4H3,(H,37,43)(H,38,40)/b6-5+,12-7+,18-11+,23-14-/t24-,25+,29-,31-,33-/m0/s1. The second-order valence-corrected chi connectivity index (χ2v) is 12.3. The van der Waals surface area contributed by atoms with Crippen molar-refractivity contribution >= 4 is 29.4 Å². The fraction of sp³-hybridized carbons (Fsp3) is 0.528. The Kier molecular flexibility index (Phi) is 14.6. The molecule has 10 heteroatoms. The van der Waals surface area contributed by atoms with Crippen LogP contribution >= 0.6 is 0 Å². The highest BCUT2D eigenvalue weighted by Crippen LogP contribution is 2.25. The summed E-state index contributed by atoms with van der Waals surface area (Å²) in [5.74, 6) is -2.59. The Morgan fingerprint density at radius 1 is 1.04 bits per heavy atom. The molecular formula is C36H48N2O8. The zero-order chi connectivity index (χ0) is 33.6. The van der Waals surface area contributed by atoms with Gasteiger partial charge in [0, 0.05) is 37.0 Å². The average Bonchev–Trinajstić information content (AvgIpc) is 3.04. The van der Waals surface area contributed by atoms with Crippen LogP contribution in [0, 0.1) is 11.8 Å². The van der Waals surface area contributed by atoms with Gasteiger partial charge in [-0.05, 0) is 51.2 Å². The maximum absolute atomic E-state index is 13.1. The molecule has 2 bridgehead atoms. The molecule has 0 aromatic carbocycles. The molecule has 250 valence electrons. The molecule has 0 aromatic heterocycles. The molecule has 1 fully saturated rings. The van der Waals surface area contributed by atoms with Crippen LogP contribution in [-0.4, -0.2) is 65.9 Å². The number of amides is 2. The number of carbonyl (C=O) groups is 5. The van der Waals surface area contributed by atoms with Crippen molar-refractivity contribution in [1.29, 1.82) is 0 Å². The highest BCUT2D eigenvalue weighted by Gasteiger charge is 2.31. The van der Waals surface area contributed by atoms with Gasteiger partial charge in [0.05, 0.1) is 24.3 Å². The number of carbonyl (C=O) groups excluding carboxylic acids is 5. The molecule has 0 radical (unpaired) electrons. The summed E-state index contributed by atoms with van der Waals surface area (Å²) in [6, 6.07) is -0.840. The Labute approximate surface area is 271 Å². The second-order valence-electron chi connectivity index (χ2n) is 12.3.